The second-order valence-electron chi connectivity index (χ2n) is 8.11. The van der Waals surface area contributed by atoms with Crippen molar-refractivity contribution in [2.75, 3.05) is 26.7 Å². The summed E-state index contributed by atoms with van der Waals surface area (Å²) in [5.74, 6) is -0.791. The van der Waals surface area contributed by atoms with E-state index in [1.54, 1.807) is 14.0 Å². The Bertz CT molecular complexity index is 550. The van der Waals surface area contributed by atoms with Crippen LogP contribution in [-0.4, -0.2) is 76.0 Å². The molecule has 7 nitrogen and oxygen atoms in total. The summed E-state index contributed by atoms with van der Waals surface area (Å²) in [4.78, 5) is 41.7. The Morgan fingerprint density at radius 2 is 1.92 bits per heavy atom. The molecular formula is C18H31N3O4. The van der Waals surface area contributed by atoms with E-state index in [0.29, 0.717) is 19.0 Å². The van der Waals surface area contributed by atoms with Gasteiger partial charge in [0, 0.05) is 33.6 Å². The van der Waals surface area contributed by atoms with Crippen LogP contribution in [0.5, 0.6) is 0 Å². The van der Waals surface area contributed by atoms with Crippen molar-refractivity contribution in [2.24, 2.45) is 11.8 Å². The summed E-state index contributed by atoms with van der Waals surface area (Å²) < 4.78 is 0. The van der Waals surface area contributed by atoms with Gasteiger partial charge < -0.3 is 19.8 Å². The van der Waals surface area contributed by atoms with Crippen LogP contribution in [0.15, 0.2) is 0 Å². The number of likely N-dealkylation sites (N-methyl/N-ethyl adjacent to an activating group) is 1. The number of hydrogen-bond donors (Lipinski definition) is 1. The monoisotopic (exact) mass is 353 g/mol. The highest BCUT2D eigenvalue weighted by molar-refractivity contribution is 5.83. The zero-order chi connectivity index (χ0) is 18.9. The maximum Gasteiger partial charge on any atom is 0.326 e. The van der Waals surface area contributed by atoms with Gasteiger partial charge in [0.15, 0.2) is 0 Å². The van der Waals surface area contributed by atoms with Crippen LogP contribution in [0.2, 0.25) is 0 Å². The van der Waals surface area contributed by atoms with Gasteiger partial charge >= 0.3 is 12.0 Å². The molecule has 0 aromatic rings. The summed E-state index contributed by atoms with van der Waals surface area (Å²) in [5.41, 5.74) is -0.366. The first-order valence-electron chi connectivity index (χ1n) is 9.12. The third-order valence-corrected chi connectivity index (χ3v) is 5.63. The minimum atomic E-state index is -0.985. The van der Waals surface area contributed by atoms with Crippen LogP contribution < -0.4 is 0 Å². The van der Waals surface area contributed by atoms with Crippen molar-refractivity contribution in [1.29, 1.82) is 0 Å². The molecule has 2 heterocycles. The van der Waals surface area contributed by atoms with E-state index in [4.69, 9.17) is 0 Å². The van der Waals surface area contributed by atoms with Crippen LogP contribution in [0, 0.1) is 11.8 Å². The van der Waals surface area contributed by atoms with E-state index in [0.717, 1.165) is 25.8 Å². The minimum Gasteiger partial charge on any atom is -0.480 e. The standard InChI is InChI=1S/C18H31N3O4/c1-12(2)15(16(23)24)19(5)17(25)21-10-13(3)9-18(21)7-6-8-20(11-18)14(4)22/h12-13,15H,6-11H2,1-5H3,(H,23,24)/t13-,15+,18?/m1/s1. The van der Waals surface area contributed by atoms with Crippen LogP contribution >= 0.6 is 0 Å². The molecule has 2 saturated heterocycles. The molecule has 3 atom stereocenters. The van der Waals surface area contributed by atoms with Gasteiger partial charge in [-0.15, -0.1) is 0 Å². The third kappa shape index (κ3) is 3.75. The SMILES string of the molecule is CC(=O)N1CCCC2(C[C@@H](C)CN2C(=O)N(C)[C@H](C(=O)O)C(C)C)C1. The lowest BCUT2D eigenvalue weighted by atomic mass is 9.84. The lowest BCUT2D eigenvalue weighted by Crippen LogP contribution is -2.61. The Morgan fingerprint density at radius 1 is 1.28 bits per heavy atom. The molecule has 0 saturated carbocycles. The molecule has 2 aliphatic heterocycles. The zero-order valence-corrected chi connectivity index (χ0v) is 16.0. The van der Waals surface area contributed by atoms with Crippen LogP contribution in [0.4, 0.5) is 4.79 Å². The van der Waals surface area contributed by atoms with Gasteiger partial charge in [-0.2, -0.15) is 0 Å². The molecule has 1 spiro atoms. The third-order valence-electron chi connectivity index (χ3n) is 5.63. The predicted molar refractivity (Wildman–Crippen MR) is 94.1 cm³/mol. The van der Waals surface area contributed by atoms with E-state index in [-0.39, 0.29) is 23.4 Å². The molecule has 0 aliphatic carbocycles. The van der Waals surface area contributed by atoms with E-state index >= 15 is 0 Å². The second-order valence-corrected chi connectivity index (χ2v) is 8.11. The predicted octanol–water partition coefficient (Wildman–Crippen LogP) is 1.87. The number of hydrogen-bond acceptors (Lipinski definition) is 3. The molecule has 0 aromatic carbocycles. The lowest BCUT2D eigenvalue weighted by Gasteiger charge is -2.47. The maximum atomic E-state index is 13.2. The van der Waals surface area contributed by atoms with Gasteiger partial charge in [0.2, 0.25) is 5.91 Å². The van der Waals surface area contributed by atoms with Gasteiger partial charge in [-0.1, -0.05) is 20.8 Å². The molecular weight excluding hydrogens is 322 g/mol. The zero-order valence-electron chi connectivity index (χ0n) is 16.0. The number of amides is 3. The lowest BCUT2D eigenvalue weighted by molar-refractivity contribution is -0.143. The Labute approximate surface area is 149 Å². The van der Waals surface area contributed by atoms with Gasteiger partial charge in [0.05, 0.1) is 5.54 Å². The average molecular weight is 353 g/mol. The Hall–Kier alpha value is -1.79. The van der Waals surface area contributed by atoms with Crippen molar-refractivity contribution in [1.82, 2.24) is 14.7 Å². The second kappa shape index (κ2) is 7.22. The normalized spacial score (nSPS) is 27.7. The summed E-state index contributed by atoms with van der Waals surface area (Å²) in [6.07, 6.45) is 2.59. The first kappa shape index (κ1) is 19.5. The van der Waals surface area contributed by atoms with Crippen molar-refractivity contribution in [3.63, 3.8) is 0 Å². The van der Waals surface area contributed by atoms with Crippen LogP contribution in [0.25, 0.3) is 0 Å². The number of carbonyl (C=O) groups excluding carboxylic acids is 2. The van der Waals surface area contributed by atoms with Crippen LogP contribution in [0.1, 0.15) is 47.0 Å². The van der Waals surface area contributed by atoms with Gasteiger partial charge in [-0.3, -0.25) is 4.79 Å². The molecule has 142 valence electrons. The summed E-state index contributed by atoms with van der Waals surface area (Å²) >= 11 is 0. The van der Waals surface area contributed by atoms with E-state index in [2.05, 4.69) is 6.92 Å². The molecule has 0 radical (unpaired) electrons. The van der Waals surface area contributed by atoms with Crippen molar-refractivity contribution in [2.45, 2.75) is 58.5 Å². The summed E-state index contributed by atoms with van der Waals surface area (Å²) in [6.45, 7) is 9.18. The Kier molecular flexibility index (Phi) is 5.64. The molecule has 0 aromatic heterocycles. The van der Waals surface area contributed by atoms with Gasteiger partial charge in [-0.25, -0.2) is 9.59 Å². The largest absolute Gasteiger partial charge is 0.480 e. The molecule has 2 fully saturated rings. The topological polar surface area (TPSA) is 81.2 Å². The van der Waals surface area contributed by atoms with Crippen molar-refractivity contribution in [3.05, 3.63) is 0 Å². The highest BCUT2D eigenvalue weighted by Gasteiger charge is 2.50. The van der Waals surface area contributed by atoms with Crippen LogP contribution in [0.3, 0.4) is 0 Å². The fourth-order valence-corrected chi connectivity index (χ4v) is 4.59. The summed E-state index contributed by atoms with van der Waals surface area (Å²) in [6, 6.07) is -1.09. The number of urea groups is 1. The number of rotatable bonds is 3. The molecule has 25 heavy (non-hydrogen) atoms. The van der Waals surface area contributed by atoms with E-state index in [1.807, 2.05) is 23.6 Å². The van der Waals surface area contributed by atoms with Crippen molar-refractivity contribution < 1.29 is 19.5 Å². The first-order chi connectivity index (χ1) is 11.6. The summed E-state index contributed by atoms with van der Waals surface area (Å²) in [5, 5.41) is 9.51. The number of carboxylic acid groups (broad SMARTS) is 1. The van der Waals surface area contributed by atoms with Crippen LogP contribution in [-0.2, 0) is 9.59 Å². The number of nitrogens with zero attached hydrogens (tertiary/aromatic N) is 3. The number of likely N-dealkylation sites (tertiary alicyclic amines) is 2. The minimum absolute atomic E-state index is 0.0324. The van der Waals surface area contributed by atoms with Gasteiger partial charge in [-0.05, 0) is 31.1 Å². The van der Waals surface area contributed by atoms with E-state index < -0.39 is 12.0 Å². The highest BCUT2D eigenvalue weighted by Crippen LogP contribution is 2.40. The number of carbonyl (C=O) groups is 3. The fraction of sp³-hybridized carbons (Fsp3) is 0.833. The Balaban J connectivity index is 2.27. The quantitative estimate of drug-likeness (QED) is 0.840. The molecule has 1 unspecified atom stereocenters. The van der Waals surface area contributed by atoms with E-state index in [1.165, 1.54) is 4.90 Å². The molecule has 0 bridgehead atoms. The van der Waals surface area contributed by atoms with E-state index in [9.17, 15) is 19.5 Å². The number of carboxylic acids is 1. The molecule has 2 rings (SSSR count). The number of aliphatic carboxylic acids is 1. The first-order valence-corrected chi connectivity index (χ1v) is 9.12. The molecule has 7 heteroatoms. The molecule has 3 amide bonds. The Morgan fingerprint density at radius 3 is 2.44 bits per heavy atom. The average Bonchev–Trinajstić information content (AvgIpc) is 2.81. The molecule has 2 aliphatic rings. The molecule has 1 N–H and O–H groups in total. The fourth-order valence-electron chi connectivity index (χ4n) is 4.59. The van der Waals surface area contributed by atoms with Gasteiger partial charge in [0.1, 0.15) is 6.04 Å². The smallest absolute Gasteiger partial charge is 0.326 e. The van der Waals surface area contributed by atoms with Crippen molar-refractivity contribution >= 4 is 17.9 Å². The maximum absolute atomic E-state index is 13.2. The number of piperidine rings is 1. The highest BCUT2D eigenvalue weighted by atomic mass is 16.4. The summed E-state index contributed by atoms with van der Waals surface area (Å²) in [7, 11) is 1.57. The van der Waals surface area contributed by atoms with Gasteiger partial charge in [0.25, 0.3) is 0 Å². The van der Waals surface area contributed by atoms with Crippen molar-refractivity contribution in [3.8, 4) is 0 Å².